The first kappa shape index (κ1) is 13.6. The third-order valence-corrected chi connectivity index (χ3v) is 5.00. The number of aromatic hydroxyl groups is 1. The van der Waals surface area contributed by atoms with Crippen molar-refractivity contribution in [1.82, 2.24) is 4.90 Å². The Morgan fingerprint density at radius 2 is 1.73 bits per heavy atom. The molecule has 2 aromatic rings. The second-order valence-corrected chi connectivity index (χ2v) is 6.37. The van der Waals surface area contributed by atoms with Crippen molar-refractivity contribution in [1.29, 1.82) is 0 Å². The Bertz CT molecular complexity index is 692. The van der Waals surface area contributed by atoms with Crippen molar-refractivity contribution in [2.45, 2.75) is 37.9 Å². The molecule has 1 N–H and O–H groups in total. The average molecular weight is 291 g/mol. The molecule has 2 bridgehead atoms. The summed E-state index contributed by atoms with van der Waals surface area (Å²) < 4.78 is 0. The maximum absolute atomic E-state index is 10.1. The lowest BCUT2D eigenvalue weighted by Gasteiger charge is -2.34. The summed E-state index contributed by atoms with van der Waals surface area (Å²) in [7, 11) is 0. The number of nitrogens with zero attached hydrogens (tertiary/aromatic N) is 1. The minimum atomic E-state index is 0.407. The normalized spacial score (nSPS) is 24.3. The Labute approximate surface area is 131 Å². The molecule has 112 valence electrons. The number of benzene rings is 2. The molecule has 2 unspecified atom stereocenters. The van der Waals surface area contributed by atoms with Gasteiger partial charge in [-0.05, 0) is 36.5 Å². The van der Waals surface area contributed by atoms with E-state index >= 15 is 0 Å². The highest BCUT2D eigenvalue weighted by Gasteiger charge is 2.36. The van der Waals surface area contributed by atoms with Crippen molar-refractivity contribution in [2.75, 3.05) is 0 Å². The van der Waals surface area contributed by atoms with E-state index in [2.05, 4.69) is 41.3 Å². The third-order valence-electron chi connectivity index (χ3n) is 5.00. The largest absolute Gasteiger partial charge is 0.507 e. The van der Waals surface area contributed by atoms with E-state index in [1.807, 2.05) is 18.2 Å². The molecule has 0 saturated carbocycles. The second kappa shape index (κ2) is 5.62. The lowest BCUT2D eigenvalue weighted by atomic mass is 9.94. The molecule has 0 aromatic heterocycles. The van der Waals surface area contributed by atoms with Gasteiger partial charge in [0.15, 0.2) is 0 Å². The SMILES string of the molecule is Oc1ccccc1C1=CC2CCC(C1)N2Cc1ccccc1. The predicted octanol–water partition coefficient (Wildman–Crippen LogP) is 4.21. The van der Waals surface area contributed by atoms with Crippen LogP contribution in [-0.2, 0) is 6.54 Å². The van der Waals surface area contributed by atoms with Crippen LogP contribution in [0.5, 0.6) is 5.75 Å². The van der Waals surface area contributed by atoms with Gasteiger partial charge in [0.05, 0.1) is 0 Å². The zero-order chi connectivity index (χ0) is 14.9. The maximum Gasteiger partial charge on any atom is 0.123 e. The fourth-order valence-corrected chi connectivity index (χ4v) is 3.90. The molecule has 2 heteroatoms. The summed E-state index contributed by atoms with van der Waals surface area (Å²) >= 11 is 0. The third kappa shape index (κ3) is 2.44. The zero-order valence-corrected chi connectivity index (χ0v) is 12.7. The number of phenolic OH excluding ortho intramolecular Hbond substituents is 1. The standard InChI is InChI=1S/C20H21NO/c22-20-9-5-4-8-19(20)16-12-17-10-11-18(13-16)21(17)14-15-6-2-1-3-7-15/h1-9,12,17-18,22H,10-11,13-14H2. The highest BCUT2D eigenvalue weighted by molar-refractivity contribution is 5.72. The fourth-order valence-electron chi connectivity index (χ4n) is 3.90. The van der Waals surface area contributed by atoms with Crippen LogP contribution in [0.3, 0.4) is 0 Å². The molecule has 2 aromatic carbocycles. The van der Waals surface area contributed by atoms with Crippen LogP contribution in [0.1, 0.15) is 30.4 Å². The molecule has 2 heterocycles. The van der Waals surface area contributed by atoms with Crippen molar-refractivity contribution in [3.8, 4) is 5.75 Å². The highest BCUT2D eigenvalue weighted by atomic mass is 16.3. The van der Waals surface area contributed by atoms with Gasteiger partial charge in [-0.3, -0.25) is 4.90 Å². The highest BCUT2D eigenvalue weighted by Crippen LogP contribution is 2.41. The van der Waals surface area contributed by atoms with Gasteiger partial charge in [-0.1, -0.05) is 54.6 Å². The van der Waals surface area contributed by atoms with Crippen molar-refractivity contribution in [2.24, 2.45) is 0 Å². The molecule has 0 aliphatic carbocycles. The summed E-state index contributed by atoms with van der Waals surface area (Å²) in [5.41, 5.74) is 3.72. The Morgan fingerprint density at radius 3 is 2.50 bits per heavy atom. The molecule has 1 saturated heterocycles. The van der Waals surface area contributed by atoms with Crippen molar-refractivity contribution in [3.63, 3.8) is 0 Å². The Morgan fingerprint density at radius 1 is 0.955 bits per heavy atom. The van der Waals surface area contributed by atoms with Crippen LogP contribution in [-0.4, -0.2) is 22.1 Å². The first-order chi connectivity index (χ1) is 10.8. The Hall–Kier alpha value is -2.06. The number of fused-ring (bicyclic) bond motifs is 2. The van der Waals surface area contributed by atoms with Crippen LogP contribution in [0, 0.1) is 0 Å². The van der Waals surface area contributed by atoms with Gasteiger partial charge in [0.25, 0.3) is 0 Å². The minimum absolute atomic E-state index is 0.407. The quantitative estimate of drug-likeness (QED) is 0.915. The minimum Gasteiger partial charge on any atom is -0.507 e. The van der Waals surface area contributed by atoms with E-state index < -0.39 is 0 Å². The van der Waals surface area contributed by atoms with Crippen molar-refractivity contribution in [3.05, 3.63) is 71.8 Å². The first-order valence-corrected chi connectivity index (χ1v) is 8.10. The Kier molecular flexibility index (Phi) is 3.47. The zero-order valence-electron chi connectivity index (χ0n) is 12.7. The van der Waals surface area contributed by atoms with Crippen LogP contribution in [0.4, 0.5) is 0 Å². The summed E-state index contributed by atoms with van der Waals surface area (Å²) in [6.45, 7) is 1.03. The van der Waals surface area contributed by atoms with Crippen LogP contribution >= 0.6 is 0 Å². The van der Waals surface area contributed by atoms with Crippen molar-refractivity contribution >= 4 is 5.57 Å². The molecule has 2 atom stereocenters. The van der Waals surface area contributed by atoms with E-state index in [-0.39, 0.29) is 0 Å². The molecule has 2 aliphatic heterocycles. The molecular weight excluding hydrogens is 270 g/mol. The van der Waals surface area contributed by atoms with Gasteiger partial charge >= 0.3 is 0 Å². The van der Waals surface area contributed by atoms with Gasteiger partial charge in [0, 0.05) is 24.2 Å². The lowest BCUT2D eigenvalue weighted by molar-refractivity contribution is 0.203. The van der Waals surface area contributed by atoms with Gasteiger partial charge in [0.2, 0.25) is 0 Å². The predicted molar refractivity (Wildman–Crippen MR) is 89.5 cm³/mol. The smallest absolute Gasteiger partial charge is 0.123 e. The van der Waals surface area contributed by atoms with Gasteiger partial charge in [-0.2, -0.15) is 0 Å². The van der Waals surface area contributed by atoms with Crippen LogP contribution in [0.15, 0.2) is 60.7 Å². The number of rotatable bonds is 3. The summed E-state index contributed by atoms with van der Waals surface area (Å²) in [6, 6.07) is 19.6. The first-order valence-electron chi connectivity index (χ1n) is 8.10. The summed E-state index contributed by atoms with van der Waals surface area (Å²) in [4.78, 5) is 2.62. The van der Waals surface area contributed by atoms with Crippen LogP contribution in [0.25, 0.3) is 5.57 Å². The number of hydrogen-bond acceptors (Lipinski definition) is 2. The van der Waals surface area contributed by atoms with Gasteiger partial charge in [-0.15, -0.1) is 0 Å². The van der Waals surface area contributed by atoms with E-state index in [0.717, 1.165) is 18.5 Å². The van der Waals surface area contributed by atoms with Gasteiger partial charge in [-0.25, -0.2) is 0 Å². The van der Waals surface area contributed by atoms with Gasteiger partial charge < -0.3 is 5.11 Å². The summed E-state index contributed by atoms with van der Waals surface area (Å²) in [6.07, 6.45) is 5.90. The van der Waals surface area contributed by atoms with E-state index in [1.54, 1.807) is 6.07 Å². The second-order valence-electron chi connectivity index (χ2n) is 6.37. The number of para-hydroxylation sites is 1. The molecular formula is C20H21NO. The van der Waals surface area contributed by atoms with Crippen LogP contribution < -0.4 is 0 Å². The topological polar surface area (TPSA) is 23.5 Å². The molecule has 0 spiro atoms. The van der Waals surface area contributed by atoms with E-state index in [1.165, 1.54) is 24.0 Å². The van der Waals surface area contributed by atoms with E-state index in [0.29, 0.717) is 17.8 Å². The van der Waals surface area contributed by atoms with Crippen LogP contribution in [0.2, 0.25) is 0 Å². The number of hydrogen-bond donors (Lipinski definition) is 1. The molecule has 4 rings (SSSR count). The summed E-state index contributed by atoms with van der Waals surface area (Å²) in [5, 5.41) is 10.1. The number of phenols is 1. The molecule has 22 heavy (non-hydrogen) atoms. The molecule has 2 nitrogen and oxygen atoms in total. The molecule has 2 aliphatic rings. The maximum atomic E-state index is 10.1. The van der Waals surface area contributed by atoms with E-state index in [9.17, 15) is 5.11 Å². The molecule has 1 fully saturated rings. The summed E-state index contributed by atoms with van der Waals surface area (Å²) in [5.74, 6) is 0.407. The molecule has 0 radical (unpaired) electrons. The molecule has 0 amide bonds. The monoisotopic (exact) mass is 291 g/mol. The van der Waals surface area contributed by atoms with Crippen molar-refractivity contribution < 1.29 is 5.11 Å². The lowest BCUT2D eigenvalue weighted by Crippen LogP contribution is -2.37. The Balaban J connectivity index is 1.59. The van der Waals surface area contributed by atoms with Gasteiger partial charge in [0.1, 0.15) is 5.75 Å². The fraction of sp³-hybridized carbons (Fsp3) is 0.300. The average Bonchev–Trinajstić information content (AvgIpc) is 2.78. The van der Waals surface area contributed by atoms with E-state index in [4.69, 9.17) is 0 Å².